The van der Waals surface area contributed by atoms with Crippen molar-refractivity contribution in [2.24, 2.45) is 0 Å². The number of rotatable bonds is 6. The summed E-state index contributed by atoms with van der Waals surface area (Å²) in [6.07, 6.45) is 1.21. The van der Waals surface area contributed by atoms with Crippen LogP contribution in [0, 0.1) is 0 Å². The van der Waals surface area contributed by atoms with Crippen LogP contribution in [0.2, 0.25) is 0 Å². The van der Waals surface area contributed by atoms with Crippen molar-refractivity contribution in [3.8, 4) is 0 Å². The zero-order valence-electron chi connectivity index (χ0n) is 15.4. The van der Waals surface area contributed by atoms with Crippen molar-refractivity contribution >= 4 is 29.3 Å². The Balaban J connectivity index is 2.09. The summed E-state index contributed by atoms with van der Waals surface area (Å²) in [6, 6.07) is 4.01. The number of benzene rings is 1. The molecule has 0 saturated heterocycles. The van der Waals surface area contributed by atoms with Gasteiger partial charge in [0.2, 0.25) is 5.91 Å². The fourth-order valence-corrected chi connectivity index (χ4v) is 2.21. The number of ether oxygens (including phenoxy) is 1. The number of aromatic carboxylic acids is 1. The third kappa shape index (κ3) is 5.65. The first-order valence-electron chi connectivity index (χ1n) is 8.50. The summed E-state index contributed by atoms with van der Waals surface area (Å²) in [4.78, 5) is 35.6. The third-order valence-corrected chi connectivity index (χ3v) is 3.61. The predicted octanol–water partition coefficient (Wildman–Crippen LogP) is 2.81. The van der Waals surface area contributed by atoms with Crippen LogP contribution in [0.15, 0.2) is 18.2 Å². The van der Waals surface area contributed by atoms with Crippen LogP contribution in [-0.4, -0.2) is 40.8 Å². The van der Waals surface area contributed by atoms with E-state index >= 15 is 0 Å². The maximum atomic E-state index is 12.4. The van der Waals surface area contributed by atoms with Crippen LogP contribution >= 0.6 is 0 Å². The van der Waals surface area contributed by atoms with Crippen molar-refractivity contribution in [3.63, 3.8) is 0 Å². The van der Waals surface area contributed by atoms with Gasteiger partial charge in [-0.3, -0.25) is 4.79 Å². The van der Waals surface area contributed by atoms with Crippen molar-refractivity contribution < 1.29 is 24.2 Å². The smallest absolute Gasteiger partial charge is 0.408 e. The molecule has 2 amide bonds. The highest BCUT2D eigenvalue weighted by molar-refractivity contribution is 6.04. The molecular formula is C18H25N3O5. The topological polar surface area (TPSA) is 117 Å². The molecule has 0 aromatic heterocycles. The summed E-state index contributed by atoms with van der Waals surface area (Å²) >= 11 is 0. The minimum absolute atomic E-state index is 0.0856. The summed E-state index contributed by atoms with van der Waals surface area (Å²) in [7, 11) is 0. The zero-order valence-corrected chi connectivity index (χ0v) is 15.4. The number of carbonyl (C=O) groups excluding carboxylic acids is 2. The van der Waals surface area contributed by atoms with E-state index in [-0.39, 0.29) is 11.6 Å². The van der Waals surface area contributed by atoms with E-state index in [1.165, 1.54) is 13.0 Å². The quantitative estimate of drug-likeness (QED) is 0.617. The Bertz CT molecular complexity index is 707. The molecule has 0 bridgehead atoms. The number of carboxylic acid groups (broad SMARTS) is 1. The molecule has 0 aliphatic heterocycles. The molecule has 1 saturated carbocycles. The summed E-state index contributed by atoms with van der Waals surface area (Å²) in [5.41, 5.74) is 0.152. The molecule has 0 radical (unpaired) electrons. The molecule has 8 nitrogen and oxygen atoms in total. The average Bonchev–Trinajstić information content (AvgIpc) is 3.30. The number of anilines is 2. The second-order valence-corrected chi connectivity index (χ2v) is 7.31. The van der Waals surface area contributed by atoms with Crippen LogP contribution in [-0.2, 0) is 9.53 Å². The van der Waals surface area contributed by atoms with Crippen molar-refractivity contribution in [2.75, 3.05) is 10.6 Å². The third-order valence-electron chi connectivity index (χ3n) is 3.61. The summed E-state index contributed by atoms with van der Waals surface area (Å²) in [5, 5.41) is 17.6. The largest absolute Gasteiger partial charge is 0.478 e. The maximum absolute atomic E-state index is 12.4. The van der Waals surface area contributed by atoms with Crippen molar-refractivity contribution in [1.82, 2.24) is 5.32 Å². The number of amides is 2. The molecule has 0 unspecified atom stereocenters. The molecule has 1 aliphatic carbocycles. The van der Waals surface area contributed by atoms with Crippen LogP contribution in [0.3, 0.4) is 0 Å². The summed E-state index contributed by atoms with van der Waals surface area (Å²) < 4.78 is 5.12. The highest BCUT2D eigenvalue weighted by atomic mass is 16.6. The van der Waals surface area contributed by atoms with Gasteiger partial charge in [0.1, 0.15) is 11.6 Å². The Morgan fingerprint density at radius 1 is 1.23 bits per heavy atom. The molecule has 1 atom stereocenters. The average molecular weight is 363 g/mol. The highest BCUT2D eigenvalue weighted by Crippen LogP contribution is 2.32. The fraction of sp³-hybridized carbons (Fsp3) is 0.500. The van der Waals surface area contributed by atoms with E-state index in [1.807, 2.05) is 0 Å². The van der Waals surface area contributed by atoms with Gasteiger partial charge in [0, 0.05) is 6.04 Å². The Hall–Kier alpha value is -2.77. The normalized spacial score (nSPS) is 14.9. The first-order valence-corrected chi connectivity index (χ1v) is 8.50. The number of alkyl carbamates (subject to hydrolysis) is 1. The van der Waals surface area contributed by atoms with Crippen molar-refractivity contribution in [2.45, 2.75) is 58.2 Å². The first kappa shape index (κ1) is 19.6. The predicted molar refractivity (Wildman–Crippen MR) is 97.5 cm³/mol. The summed E-state index contributed by atoms with van der Waals surface area (Å²) in [5.74, 6) is -1.55. The van der Waals surface area contributed by atoms with Crippen LogP contribution in [0.5, 0.6) is 0 Å². The number of nitrogens with one attached hydrogen (secondary N) is 3. The van der Waals surface area contributed by atoms with Gasteiger partial charge < -0.3 is 25.8 Å². The van der Waals surface area contributed by atoms with E-state index in [0.29, 0.717) is 11.4 Å². The monoisotopic (exact) mass is 363 g/mol. The van der Waals surface area contributed by atoms with Crippen LogP contribution in [0.4, 0.5) is 16.2 Å². The lowest BCUT2D eigenvalue weighted by atomic mass is 10.1. The minimum atomic E-state index is -1.08. The van der Waals surface area contributed by atoms with E-state index in [1.54, 1.807) is 32.9 Å². The molecule has 0 spiro atoms. The fourth-order valence-electron chi connectivity index (χ4n) is 2.21. The summed E-state index contributed by atoms with van der Waals surface area (Å²) in [6.45, 7) is 6.70. The van der Waals surface area contributed by atoms with Gasteiger partial charge in [-0.15, -0.1) is 0 Å². The van der Waals surface area contributed by atoms with Gasteiger partial charge in [0.05, 0.1) is 16.9 Å². The van der Waals surface area contributed by atoms with Gasteiger partial charge in [0.25, 0.3) is 0 Å². The Kier molecular flexibility index (Phi) is 5.74. The highest BCUT2D eigenvalue weighted by Gasteiger charge is 2.26. The minimum Gasteiger partial charge on any atom is -0.478 e. The SMILES string of the molecule is C[C@H](NC(=O)OC(C)(C)C)C(=O)Nc1cccc(C(=O)O)c1NC1CC1. The molecule has 8 heteroatoms. The Morgan fingerprint density at radius 2 is 1.88 bits per heavy atom. The molecule has 1 aliphatic rings. The zero-order chi connectivity index (χ0) is 19.5. The molecule has 1 fully saturated rings. The van der Waals surface area contributed by atoms with Crippen molar-refractivity contribution in [1.29, 1.82) is 0 Å². The molecular weight excluding hydrogens is 338 g/mol. The van der Waals surface area contributed by atoms with Gasteiger partial charge in [-0.2, -0.15) is 0 Å². The second-order valence-electron chi connectivity index (χ2n) is 7.31. The molecule has 1 aromatic rings. The molecule has 1 aromatic carbocycles. The van der Waals surface area contributed by atoms with E-state index in [9.17, 15) is 19.5 Å². The molecule has 2 rings (SSSR count). The van der Waals surface area contributed by atoms with Crippen LogP contribution in [0.25, 0.3) is 0 Å². The maximum Gasteiger partial charge on any atom is 0.408 e. The molecule has 142 valence electrons. The molecule has 26 heavy (non-hydrogen) atoms. The van der Waals surface area contributed by atoms with E-state index < -0.39 is 29.6 Å². The van der Waals surface area contributed by atoms with Crippen LogP contribution < -0.4 is 16.0 Å². The van der Waals surface area contributed by atoms with Gasteiger partial charge in [-0.1, -0.05) is 6.07 Å². The number of carbonyl (C=O) groups is 3. The lowest BCUT2D eigenvalue weighted by molar-refractivity contribution is -0.117. The Morgan fingerprint density at radius 3 is 2.42 bits per heavy atom. The number of hydrogen-bond acceptors (Lipinski definition) is 5. The van der Waals surface area contributed by atoms with Gasteiger partial charge in [0.15, 0.2) is 0 Å². The number of hydrogen-bond donors (Lipinski definition) is 4. The molecule has 4 N–H and O–H groups in total. The van der Waals surface area contributed by atoms with Gasteiger partial charge in [-0.25, -0.2) is 9.59 Å². The Labute approximate surface area is 152 Å². The van der Waals surface area contributed by atoms with E-state index in [4.69, 9.17) is 4.74 Å². The van der Waals surface area contributed by atoms with Gasteiger partial charge in [-0.05, 0) is 52.7 Å². The van der Waals surface area contributed by atoms with Crippen LogP contribution in [0.1, 0.15) is 50.9 Å². The standard InChI is InChI=1S/C18H25N3O5/c1-10(19-17(25)26-18(2,3)4)15(22)21-13-7-5-6-12(16(23)24)14(13)20-11-8-9-11/h5-7,10-11,20H,8-9H2,1-4H3,(H,19,25)(H,21,22)(H,23,24)/t10-/m0/s1. The first-order chi connectivity index (χ1) is 12.1. The van der Waals surface area contributed by atoms with Crippen molar-refractivity contribution in [3.05, 3.63) is 23.8 Å². The molecule has 0 heterocycles. The lowest BCUT2D eigenvalue weighted by Crippen LogP contribution is -2.44. The van der Waals surface area contributed by atoms with E-state index in [2.05, 4.69) is 16.0 Å². The van der Waals surface area contributed by atoms with Gasteiger partial charge >= 0.3 is 12.1 Å². The number of carboxylic acids is 1. The second kappa shape index (κ2) is 7.63. The van der Waals surface area contributed by atoms with E-state index in [0.717, 1.165) is 12.8 Å². The lowest BCUT2D eigenvalue weighted by Gasteiger charge is -2.22. The number of para-hydroxylation sites is 1.